The summed E-state index contributed by atoms with van der Waals surface area (Å²) in [6, 6.07) is 12.3. The number of hydrogen-bond acceptors (Lipinski definition) is 5. The summed E-state index contributed by atoms with van der Waals surface area (Å²) >= 11 is 0. The number of aromatic hydroxyl groups is 1. The van der Waals surface area contributed by atoms with Gasteiger partial charge in [0.15, 0.2) is 17.3 Å². The van der Waals surface area contributed by atoms with E-state index in [1.807, 2.05) is 42.8 Å². The predicted octanol–water partition coefficient (Wildman–Crippen LogP) is 4.17. The number of phenols is 1. The van der Waals surface area contributed by atoms with Crippen molar-refractivity contribution in [3.05, 3.63) is 76.6 Å². The maximum atomic E-state index is 12.5. The quantitative estimate of drug-likeness (QED) is 0.483. The number of rotatable bonds is 7. The lowest BCUT2D eigenvalue weighted by Crippen LogP contribution is -2.05. The topological polar surface area (TPSA) is 73.6 Å². The van der Waals surface area contributed by atoms with E-state index >= 15 is 0 Å². The lowest BCUT2D eigenvalue weighted by Gasteiger charge is -2.11. The molecule has 150 valence electrons. The summed E-state index contributed by atoms with van der Waals surface area (Å²) in [6.45, 7) is 4.55. The van der Waals surface area contributed by atoms with Gasteiger partial charge in [-0.3, -0.25) is 9.48 Å². The zero-order valence-electron chi connectivity index (χ0n) is 17.0. The number of nitrogens with zero attached hydrogens (tertiary/aromatic N) is 2. The van der Waals surface area contributed by atoms with Crippen molar-refractivity contribution in [1.29, 1.82) is 0 Å². The fraction of sp³-hybridized carbons (Fsp3) is 0.217. The second kappa shape index (κ2) is 8.65. The molecule has 0 atom stereocenters. The molecular formula is C23H24N2O4. The molecule has 1 heterocycles. The Hall–Kier alpha value is -3.54. The van der Waals surface area contributed by atoms with E-state index in [4.69, 9.17) is 9.47 Å². The molecule has 29 heavy (non-hydrogen) atoms. The Kier molecular flexibility index (Phi) is 6.02. The van der Waals surface area contributed by atoms with Crippen LogP contribution in [0.2, 0.25) is 0 Å². The molecule has 0 bridgehead atoms. The van der Waals surface area contributed by atoms with Gasteiger partial charge in [-0.05, 0) is 61.9 Å². The molecule has 2 aromatic carbocycles. The molecule has 0 saturated carbocycles. The lowest BCUT2D eigenvalue weighted by molar-refractivity contribution is 0.104. The van der Waals surface area contributed by atoms with Crippen molar-refractivity contribution >= 4 is 11.9 Å². The molecule has 6 heteroatoms. The van der Waals surface area contributed by atoms with E-state index in [0.717, 1.165) is 28.3 Å². The van der Waals surface area contributed by atoms with Crippen molar-refractivity contribution in [2.45, 2.75) is 20.4 Å². The van der Waals surface area contributed by atoms with Gasteiger partial charge in [0.2, 0.25) is 0 Å². The third kappa shape index (κ3) is 4.66. The number of carbonyl (C=O) groups is 1. The maximum Gasteiger partial charge on any atom is 0.185 e. The van der Waals surface area contributed by atoms with Crippen molar-refractivity contribution in [1.82, 2.24) is 9.78 Å². The van der Waals surface area contributed by atoms with E-state index in [2.05, 4.69) is 5.10 Å². The van der Waals surface area contributed by atoms with Crippen LogP contribution in [0.1, 0.15) is 32.9 Å². The van der Waals surface area contributed by atoms with Crippen LogP contribution in [0.5, 0.6) is 17.2 Å². The van der Waals surface area contributed by atoms with E-state index in [1.165, 1.54) is 25.3 Å². The van der Waals surface area contributed by atoms with Gasteiger partial charge >= 0.3 is 0 Å². The van der Waals surface area contributed by atoms with Crippen LogP contribution >= 0.6 is 0 Å². The van der Waals surface area contributed by atoms with Crippen LogP contribution in [0.3, 0.4) is 0 Å². The normalized spacial score (nSPS) is 11.0. The number of ether oxygens (including phenoxy) is 2. The second-order valence-electron chi connectivity index (χ2n) is 6.74. The summed E-state index contributed by atoms with van der Waals surface area (Å²) in [7, 11) is 3.08. The van der Waals surface area contributed by atoms with Crippen molar-refractivity contribution in [3.8, 4) is 17.2 Å². The second-order valence-corrected chi connectivity index (χ2v) is 6.74. The summed E-state index contributed by atoms with van der Waals surface area (Å²) in [5.41, 5.74) is 4.32. The molecule has 0 aliphatic carbocycles. The standard InChI is InChI=1S/C23H24N2O4/c1-15-11-16(2)25(24-15)14-19-12-17(6-10-22(19)28-3)5-8-20(26)18-7-9-21(27)23(13-18)29-4/h5-13,27H,14H2,1-4H3/b8-5+. The summed E-state index contributed by atoms with van der Waals surface area (Å²) < 4.78 is 12.5. The molecule has 0 amide bonds. The van der Waals surface area contributed by atoms with Gasteiger partial charge in [-0.15, -0.1) is 0 Å². The zero-order valence-corrected chi connectivity index (χ0v) is 17.0. The fourth-order valence-electron chi connectivity index (χ4n) is 3.12. The van der Waals surface area contributed by atoms with Gasteiger partial charge in [-0.2, -0.15) is 5.10 Å². The van der Waals surface area contributed by atoms with Crippen molar-refractivity contribution in [3.63, 3.8) is 0 Å². The SMILES string of the molecule is COc1cc(C(=O)/C=C/c2ccc(OC)c(Cn3nc(C)cc3C)c2)ccc1O. The molecule has 0 spiro atoms. The minimum absolute atomic E-state index is 0.00280. The Bertz CT molecular complexity index is 1070. The highest BCUT2D eigenvalue weighted by atomic mass is 16.5. The van der Waals surface area contributed by atoms with Gasteiger partial charge in [-0.1, -0.05) is 12.1 Å². The molecule has 0 unspecified atom stereocenters. The predicted molar refractivity (Wildman–Crippen MR) is 112 cm³/mol. The number of ketones is 1. The summed E-state index contributed by atoms with van der Waals surface area (Å²) in [6.07, 6.45) is 3.26. The smallest absolute Gasteiger partial charge is 0.185 e. The number of hydrogen-bond donors (Lipinski definition) is 1. The highest BCUT2D eigenvalue weighted by molar-refractivity contribution is 6.07. The van der Waals surface area contributed by atoms with Crippen LogP contribution in [0.25, 0.3) is 6.08 Å². The Morgan fingerprint density at radius 3 is 2.48 bits per heavy atom. The molecule has 0 fully saturated rings. The zero-order chi connectivity index (χ0) is 21.0. The minimum Gasteiger partial charge on any atom is -0.504 e. The first-order valence-corrected chi connectivity index (χ1v) is 9.18. The Labute approximate surface area is 170 Å². The molecule has 0 aliphatic rings. The average molecular weight is 392 g/mol. The number of benzene rings is 2. The van der Waals surface area contributed by atoms with Crippen molar-refractivity contribution in [2.24, 2.45) is 0 Å². The molecular weight excluding hydrogens is 368 g/mol. The lowest BCUT2D eigenvalue weighted by atomic mass is 10.1. The van der Waals surface area contributed by atoms with Gasteiger partial charge in [0.25, 0.3) is 0 Å². The first-order chi connectivity index (χ1) is 13.9. The van der Waals surface area contributed by atoms with Gasteiger partial charge in [0.1, 0.15) is 5.75 Å². The van der Waals surface area contributed by atoms with Crippen LogP contribution in [0.15, 0.2) is 48.5 Å². The van der Waals surface area contributed by atoms with Gasteiger partial charge in [0.05, 0.1) is 26.5 Å². The summed E-state index contributed by atoms with van der Waals surface area (Å²) in [5, 5.41) is 14.2. The average Bonchev–Trinajstić information content (AvgIpc) is 3.03. The largest absolute Gasteiger partial charge is 0.504 e. The molecule has 6 nitrogen and oxygen atoms in total. The number of aryl methyl sites for hydroxylation is 2. The molecule has 1 aromatic heterocycles. The van der Waals surface area contributed by atoms with E-state index < -0.39 is 0 Å². The van der Waals surface area contributed by atoms with Crippen LogP contribution < -0.4 is 9.47 Å². The van der Waals surface area contributed by atoms with Crippen LogP contribution in [0, 0.1) is 13.8 Å². The number of carbonyl (C=O) groups excluding carboxylic acids is 1. The minimum atomic E-state index is -0.181. The monoisotopic (exact) mass is 392 g/mol. The highest BCUT2D eigenvalue weighted by Crippen LogP contribution is 2.27. The van der Waals surface area contributed by atoms with Crippen molar-refractivity contribution < 1.29 is 19.4 Å². The van der Waals surface area contributed by atoms with Gasteiger partial charge in [-0.25, -0.2) is 0 Å². The fourth-order valence-corrected chi connectivity index (χ4v) is 3.12. The number of allylic oxidation sites excluding steroid dienone is 1. The van der Waals surface area contributed by atoms with E-state index in [-0.39, 0.29) is 17.3 Å². The number of phenolic OH excluding ortho intramolecular Hbond substituents is 1. The maximum absolute atomic E-state index is 12.5. The van der Waals surface area contributed by atoms with Gasteiger partial charge in [0, 0.05) is 16.8 Å². The molecule has 1 N–H and O–H groups in total. The summed E-state index contributed by atoms with van der Waals surface area (Å²) in [4.78, 5) is 12.5. The highest BCUT2D eigenvalue weighted by Gasteiger charge is 2.10. The molecule has 3 rings (SSSR count). The molecule has 0 aliphatic heterocycles. The van der Waals surface area contributed by atoms with Crippen LogP contribution in [-0.4, -0.2) is 34.9 Å². The molecule has 0 saturated heterocycles. The van der Waals surface area contributed by atoms with Crippen LogP contribution in [-0.2, 0) is 6.54 Å². The molecule has 0 radical (unpaired) electrons. The van der Waals surface area contributed by atoms with Crippen molar-refractivity contribution in [2.75, 3.05) is 14.2 Å². The van der Waals surface area contributed by atoms with E-state index in [1.54, 1.807) is 19.3 Å². The van der Waals surface area contributed by atoms with Gasteiger partial charge < -0.3 is 14.6 Å². The Morgan fingerprint density at radius 1 is 1.07 bits per heavy atom. The Balaban J connectivity index is 1.83. The van der Waals surface area contributed by atoms with E-state index in [9.17, 15) is 9.90 Å². The number of aromatic nitrogens is 2. The third-order valence-electron chi connectivity index (χ3n) is 4.62. The van der Waals surface area contributed by atoms with Crippen LogP contribution in [0.4, 0.5) is 0 Å². The molecule has 3 aromatic rings. The summed E-state index contributed by atoms with van der Waals surface area (Å²) in [5.74, 6) is 0.848. The first kappa shape index (κ1) is 20.2. The number of methoxy groups -OCH3 is 2. The Morgan fingerprint density at radius 2 is 1.83 bits per heavy atom. The third-order valence-corrected chi connectivity index (χ3v) is 4.62. The van der Waals surface area contributed by atoms with E-state index in [0.29, 0.717) is 12.1 Å². The first-order valence-electron chi connectivity index (χ1n) is 9.18.